The third kappa shape index (κ3) is 5.13. The van der Waals surface area contributed by atoms with Crippen LogP contribution in [0.2, 0.25) is 0 Å². The van der Waals surface area contributed by atoms with E-state index in [4.69, 9.17) is 0 Å². The summed E-state index contributed by atoms with van der Waals surface area (Å²) in [5, 5.41) is 6.79. The van der Waals surface area contributed by atoms with Crippen LogP contribution in [0.4, 0.5) is 4.79 Å². The second-order valence-corrected chi connectivity index (χ2v) is 10.1. The van der Waals surface area contributed by atoms with Crippen molar-refractivity contribution in [2.24, 2.45) is 5.92 Å². The standard InChI is InChI=1S/C24H35N3OS/c1-26(2)24(28)25-21-8-6-18(7-9-21)10-14-27-15-11-19(12-16-27)22-5-3-4-20-13-17-29-23(20)22/h3-5,13,17-19,21H,6-12,14-16H2,1-2H3,(H,25,28)/t18-,21-. The van der Waals surface area contributed by atoms with E-state index in [0.717, 1.165) is 24.7 Å². The summed E-state index contributed by atoms with van der Waals surface area (Å²) in [4.78, 5) is 16.1. The number of hydrogen-bond donors (Lipinski definition) is 1. The van der Waals surface area contributed by atoms with E-state index >= 15 is 0 Å². The second kappa shape index (κ2) is 9.48. The third-order valence-electron chi connectivity index (χ3n) is 6.97. The summed E-state index contributed by atoms with van der Waals surface area (Å²) in [6.45, 7) is 3.72. The molecule has 1 aromatic heterocycles. The van der Waals surface area contributed by atoms with Gasteiger partial charge in [-0.05, 0) is 98.8 Å². The molecular formula is C24H35N3OS. The first kappa shape index (κ1) is 20.7. The average molecular weight is 414 g/mol. The molecule has 2 heterocycles. The maximum atomic E-state index is 11.8. The molecule has 2 aromatic rings. The number of carbonyl (C=O) groups is 1. The molecule has 2 fully saturated rings. The number of nitrogens with zero attached hydrogens (tertiary/aromatic N) is 2. The largest absolute Gasteiger partial charge is 0.335 e. The summed E-state index contributed by atoms with van der Waals surface area (Å²) >= 11 is 1.90. The van der Waals surface area contributed by atoms with Gasteiger partial charge in [0.1, 0.15) is 0 Å². The van der Waals surface area contributed by atoms with Crippen LogP contribution in [0.5, 0.6) is 0 Å². The van der Waals surface area contributed by atoms with Gasteiger partial charge in [0.05, 0.1) is 0 Å². The lowest BCUT2D eigenvalue weighted by molar-refractivity contribution is 0.180. The van der Waals surface area contributed by atoms with Gasteiger partial charge < -0.3 is 15.1 Å². The molecule has 0 unspecified atom stereocenters. The number of fused-ring (bicyclic) bond motifs is 1. The SMILES string of the molecule is CN(C)C(=O)N[C@H]1CC[C@H](CCN2CCC(c3cccc4ccsc34)CC2)CC1. The zero-order valence-corrected chi connectivity index (χ0v) is 18.7. The van der Waals surface area contributed by atoms with Crippen molar-refractivity contribution in [3.63, 3.8) is 0 Å². The number of carbonyl (C=O) groups excluding carboxylic acids is 1. The number of hydrogen-bond acceptors (Lipinski definition) is 3. The first-order valence-corrected chi connectivity index (χ1v) is 12.1. The highest BCUT2D eigenvalue weighted by Crippen LogP contribution is 2.36. The molecule has 1 aliphatic carbocycles. The average Bonchev–Trinajstić information content (AvgIpc) is 3.22. The topological polar surface area (TPSA) is 35.6 Å². The van der Waals surface area contributed by atoms with E-state index in [1.165, 1.54) is 61.8 Å². The second-order valence-electron chi connectivity index (χ2n) is 9.15. The van der Waals surface area contributed by atoms with E-state index in [1.54, 1.807) is 10.5 Å². The molecule has 2 amide bonds. The molecule has 1 aliphatic heterocycles. The number of benzene rings is 1. The van der Waals surface area contributed by atoms with Crippen LogP contribution in [0.25, 0.3) is 10.1 Å². The fourth-order valence-corrected chi connectivity index (χ4v) is 6.06. The van der Waals surface area contributed by atoms with Crippen LogP contribution in [0.3, 0.4) is 0 Å². The van der Waals surface area contributed by atoms with Crippen molar-refractivity contribution in [1.29, 1.82) is 0 Å². The lowest BCUT2D eigenvalue weighted by Gasteiger charge is -2.35. The number of rotatable bonds is 5. The Morgan fingerprint density at radius 2 is 1.86 bits per heavy atom. The Labute approximate surface area is 179 Å². The van der Waals surface area contributed by atoms with Crippen LogP contribution in [0.15, 0.2) is 29.6 Å². The van der Waals surface area contributed by atoms with Crippen molar-refractivity contribution < 1.29 is 4.79 Å². The highest BCUT2D eigenvalue weighted by molar-refractivity contribution is 7.17. The normalized spacial score (nSPS) is 23.9. The number of likely N-dealkylation sites (tertiary alicyclic amines) is 1. The molecular weight excluding hydrogens is 378 g/mol. The molecule has 29 heavy (non-hydrogen) atoms. The molecule has 5 heteroatoms. The smallest absolute Gasteiger partial charge is 0.317 e. The van der Waals surface area contributed by atoms with Crippen LogP contribution in [0.1, 0.15) is 56.4 Å². The zero-order chi connectivity index (χ0) is 20.2. The number of amides is 2. The summed E-state index contributed by atoms with van der Waals surface area (Å²) in [5.41, 5.74) is 1.58. The molecule has 1 saturated heterocycles. The Morgan fingerprint density at radius 3 is 2.59 bits per heavy atom. The van der Waals surface area contributed by atoms with Gasteiger partial charge in [-0.15, -0.1) is 11.3 Å². The Bertz CT molecular complexity index is 801. The molecule has 4 rings (SSSR count). The predicted molar refractivity (Wildman–Crippen MR) is 123 cm³/mol. The van der Waals surface area contributed by atoms with Gasteiger partial charge in [-0.1, -0.05) is 18.2 Å². The molecule has 1 N–H and O–H groups in total. The molecule has 4 nitrogen and oxygen atoms in total. The van der Waals surface area contributed by atoms with Crippen LogP contribution in [-0.4, -0.2) is 55.6 Å². The molecule has 1 saturated carbocycles. The molecule has 0 radical (unpaired) electrons. The van der Waals surface area contributed by atoms with E-state index in [-0.39, 0.29) is 6.03 Å². The van der Waals surface area contributed by atoms with E-state index in [1.807, 2.05) is 25.4 Å². The van der Waals surface area contributed by atoms with Crippen LogP contribution in [0, 0.1) is 5.92 Å². The summed E-state index contributed by atoms with van der Waals surface area (Å²) in [5.74, 6) is 1.56. The maximum absolute atomic E-state index is 11.8. The van der Waals surface area contributed by atoms with Crippen molar-refractivity contribution in [3.05, 3.63) is 35.2 Å². The summed E-state index contributed by atoms with van der Waals surface area (Å²) in [6, 6.07) is 9.50. The van der Waals surface area contributed by atoms with Crippen molar-refractivity contribution in [1.82, 2.24) is 15.1 Å². The lowest BCUT2D eigenvalue weighted by atomic mass is 9.83. The highest BCUT2D eigenvalue weighted by atomic mass is 32.1. The summed E-state index contributed by atoms with van der Waals surface area (Å²) in [7, 11) is 3.62. The Morgan fingerprint density at radius 1 is 1.10 bits per heavy atom. The summed E-state index contributed by atoms with van der Waals surface area (Å²) in [6.07, 6.45) is 8.69. The third-order valence-corrected chi connectivity index (χ3v) is 7.95. The predicted octanol–water partition coefficient (Wildman–Crippen LogP) is 5.30. The van der Waals surface area contributed by atoms with Gasteiger partial charge in [0.2, 0.25) is 0 Å². The van der Waals surface area contributed by atoms with Crippen LogP contribution in [-0.2, 0) is 0 Å². The lowest BCUT2D eigenvalue weighted by Crippen LogP contribution is -2.43. The summed E-state index contributed by atoms with van der Waals surface area (Å²) < 4.78 is 1.50. The van der Waals surface area contributed by atoms with Gasteiger partial charge in [0.25, 0.3) is 0 Å². The molecule has 158 valence electrons. The number of thiophene rings is 1. The molecule has 0 atom stereocenters. The van der Waals surface area contributed by atoms with E-state index in [2.05, 4.69) is 39.9 Å². The van der Waals surface area contributed by atoms with Crippen LogP contribution < -0.4 is 5.32 Å². The van der Waals surface area contributed by atoms with Gasteiger partial charge >= 0.3 is 6.03 Å². The highest BCUT2D eigenvalue weighted by Gasteiger charge is 2.25. The minimum absolute atomic E-state index is 0.0505. The quantitative estimate of drug-likeness (QED) is 0.722. The van der Waals surface area contributed by atoms with Crippen molar-refractivity contribution >= 4 is 27.5 Å². The zero-order valence-electron chi connectivity index (χ0n) is 17.9. The molecule has 1 aromatic carbocycles. The van der Waals surface area contributed by atoms with E-state index in [0.29, 0.717) is 6.04 Å². The van der Waals surface area contributed by atoms with Gasteiger partial charge in [-0.2, -0.15) is 0 Å². The van der Waals surface area contributed by atoms with Gasteiger partial charge in [-0.25, -0.2) is 4.79 Å². The van der Waals surface area contributed by atoms with Crippen LogP contribution >= 0.6 is 11.3 Å². The van der Waals surface area contributed by atoms with E-state index < -0.39 is 0 Å². The number of piperidine rings is 1. The fourth-order valence-electron chi connectivity index (χ4n) is 5.07. The minimum atomic E-state index is 0.0505. The van der Waals surface area contributed by atoms with Crippen molar-refractivity contribution in [2.45, 2.75) is 56.9 Å². The fraction of sp³-hybridized carbons (Fsp3) is 0.625. The molecule has 0 spiro atoms. The number of urea groups is 1. The first-order valence-electron chi connectivity index (χ1n) is 11.3. The van der Waals surface area contributed by atoms with Gasteiger partial charge in [0.15, 0.2) is 0 Å². The monoisotopic (exact) mass is 413 g/mol. The van der Waals surface area contributed by atoms with Gasteiger partial charge in [0, 0.05) is 24.8 Å². The maximum Gasteiger partial charge on any atom is 0.317 e. The van der Waals surface area contributed by atoms with Crippen molar-refractivity contribution in [2.75, 3.05) is 33.7 Å². The molecule has 0 bridgehead atoms. The Hall–Kier alpha value is -1.59. The Kier molecular flexibility index (Phi) is 6.76. The van der Waals surface area contributed by atoms with E-state index in [9.17, 15) is 4.79 Å². The number of nitrogens with one attached hydrogen (secondary N) is 1. The van der Waals surface area contributed by atoms with Gasteiger partial charge in [-0.3, -0.25) is 0 Å². The minimum Gasteiger partial charge on any atom is -0.335 e. The molecule has 2 aliphatic rings. The van der Waals surface area contributed by atoms with Crippen molar-refractivity contribution in [3.8, 4) is 0 Å². The Balaban J connectivity index is 1.18. The first-order chi connectivity index (χ1) is 14.1.